The normalized spacial score (nSPS) is 16.7. The minimum absolute atomic E-state index is 0.138. The van der Waals surface area contributed by atoms with Gasteiger partial charge in [-0.3, -0.25) is 0 Å². The first-order chi connectivity index (χ1) is 4.67. The third-order valence-corrected chi connectivity index (χ3v) is 1.39. The zero-order valence-electron chi connectivity index (χ0n) is 5.74. The van der Waals surface area contributed by atoms with Crippen LogP contribution in [-0.4, -0.2) is 16.8 Å². The van der Waals surface area contributed by atoms with E-state index in [1.165, 1.54) is 6.26 Å². The van der Waals surface area contributed by atoms with Crippen molar-refractivity contribution in [3.05, 3.63) is 18.0 Å². The van der Waals surface area contributed by atoms with Gasteiger partial charge in [-0.15, -0.1) is 0 Å². The molecule has 0 aliphatic carbocycles. The second-order valence-corrected chi connectivity index (χ2v) is 2.36. The number of rotatable bonds is 2. The third-order valence-electron chi connectivity index (χ3n) is 1.39. The van der Waals surface area contributed by atoms with Crippen molar-refractivity contribution in [2.75, 3.05) is 6.54 Å². The minimum Gasteiger partial charge on any atom is -0.382 e. The molecule has 0 amide bonds. The highest BCUT2D eigenvalue weighted by atomic mass is 16.5. The van der Waals surface area contributed by atoms with Crippen molar-refractivity contribution < 1.29 is 9.63 Å². The number of nitrogens with two attached hydrogens (primary N) is 1. The van der Waals surface area contributed by atoms with Crippen LogP contribution in [0.2, 0.25) is 0 Å². The lowest BCUT2D eigenvalue weighted by atomic mass is 10.0. The second kappa shape index (κ2) is 2.40. The molecular weight excluding hydrogens is 132 g/mol. The molecule has 0 aliphatic heterocycles. The predicted molar refractivity (Wildman–Crippen MR) is 35.1 cm³/mol. The van der Waals surface area contributed by atoms with Gasteiger partial charge in [-0.1, -0.05) is 5.16 Å². The Bertz CT molecular complexity index is 194. The monoisotopic (exact) mass is 142 g/mol. The maximum Gasteiger partial charge on any atom is 0.124 e. The van der Waals surface area contributed by atoms with Crippen LogP contribution in [-0.2, 0) is 5.60 Å². The first-order valence-electron chi connectivity index (χ1n) is 3.00. The summed E-state index contributed by atoms with van der Waals surface area (Å²) in [6.07, 6.45) is 1.40. The van der Waals surface area contributed by atoms with Crippen molar-refractivity contribution in [3.8, 4) is 0 Å². The lowest BCUT2D eigenvalue weighted by Gasteiger charge is -2.16. The van der Waals surface area contributed by atoms with E-state index in [-0.39, 0.29) is 6.54 Å². The number of hydrogen-bond acceptors (Lipinski definition) is 4. The van der Waals surface area contributed by atoms with E-state index in [0.717, 1.165) is 0 Å². The molecule has 1 heterocycles. The van der Waals surface area contributed by atoms with Crippen LogP contribution in [0.4, 0.5) is 0 Å². The van der Waals surface area contributed by atoms with Crippen molar-refractivity contribution in [3.63, 3.8) is 0 Å². The molecule has 0 aromatic carbocycles. The Labute approximate surface area is 58.6 Å². The van der Waals surface area contributed by atoms with Gasteiger partial charge in [-0.2, -0.15) is 0 Å². The van der Waals surface area contributed by atoms with Gasteiger partial charge in [-0.25, -0.2) is 0 Å². The second-order valence-electron chi connectivity index (χ2n) is 2.36. The molecule has 0 spiro atoms. The Kier molecular flexibility index (Phi) is 1.74. The number of nitrogens with zero attached hydrogens (tertiary/aromatic N) is 1. The Morgan fingerprint density at radius 3 is 3.00 bits per heavy atom. The third kappa shape index (κ3) is 1.17. The van der Waals surface area contributed by atoms with E-state index in [9.17, 15) is 5.11 Å². The Balaban J connectivity index is 2.85. The highest BCUT2D eigenvalue weighted by Gasteiger charge is 2.23. The van der Waals surface area contributed by atoms with E-state index in [1.807, 2.05) is 0 Å². The van der Waals surface area contributed by atoms with Crippen LogP contribution < -0.4 is 5.73 Å². The van der Waals surface area contributed by atoms with Crippen LogP contribution in [0.1, 0.15) is 12.6 Å². The Hall–Kier alpha value is -0.870. The number of aromatic nitrogens is 1. The van der Waals surface area contributed by atoms with Crippen LogP contribution in [0, 0.1) is 0 Å². The summed E-state index contributed by atoms with van der Waals surface area (Å²) in [5, 5.41) is 13.0. The zero-order chi connectivity index (χ0) is 7.61. The van der Waals surface area contributed by atoms with Gasteiger partial charge in [0.2, 0.25) is 0 Å². The zero-order valence-corrected chi connectivity index (χ0v) is 5.74. The van der Waals surface area contributed by atoms with E-state index >= 15 is 0 Å². The molecule has 1 unspecified atom stereocenters. The fourth-order valence-electron chi connectivity index (χ4n) is 0.595. The van der Waals surface area contributed by atoms with Gasteiger partial charge in [-0.05, 0) is 6.92 Å². The maximum atomic E-state index is 9.44. The molecule has 1 rings (SSSR count). The molecule has 0 bridgehead atoms. The standard InChI is InChI=1S/C6H10N2O2/c1-6(9,4-7)5-2-3-10-8-5/h2-3,9H,4,7H2,1H3. The van der Waals surface area contributed by atoms with Crippen LogP contribution >= 0.6 is 0 Å². The fourth-order valence-corrected chi connectivity index (χ4v) is 0.595. The summed E-state index contributed by atoms with van der Waals surface area (Å²) < 4.78 is 4.54. The summed E-state index contributed by atoms with van der Waals surface area (Å²) in [7, 11) is 0. The number of hydrogen-bond donors (Lipinski definition) is 2. The van der Waals surface area contributed by atoms with Crippen LogP contribution in [0.15, 0.2) is 16.9 Å². The lowest BCUT2D eigenvalue weighted by molar-refractivity contribution is 0.0587. The van der Waals surface area contributed by atoms with Crippen molar-refractivity contribution in [1.82, 2.24) is 5.16 Å². The predicted octanol–water partition coefficient (Wildman–Crippen LogP) is -0.159. The maximum absolute atomic E-state index is 9.44. The average Bonchev–Trinajstić information content (AvgIpc) is 2.38. The van der Waals surface area contributed by atoms with Crippen LogP contribution in [0.3, 0.4) is 0 Å². The highest BCUT2D eigenvalue weighted by molar-refractivity contribution is 5.06. The minimum atomic E-state index is -1.06. The van der Waals surface area contributed by atoms with E-state index < -0.39 is 5.60 Å². The molecule has 0 aliphatic rings. The van der Waals surface area contributed by atoms with Gasteiger partial charge < -0.3 is 15.4 Å². The van der Waals surface area contributed by atoms with E-state index in [4.69, 9.17) is 5.73 Å². The van der Waals surface area contributed by atoms with Gasteiger partial charge >= 0.3 is 0 Å². The molecule has 4 heteroatoms. The molecule has 1 aromatic heterocycles. The van der Waals surface area contributed by atoms with E-state index in [2.05, 4.69) is 9.68 Å². The smallest absolute Gasteiger partial charge is 0.124 e. The van der Waals surface area contributed by atoms with E-state index in [0.29, 0.717) is 5.69 Å². The van der Waals surface area contributed by atoms with Crippen molar-refractivity contribution >= 4 is 0 Å². The largest absolute Gasteiger partial charge is 0.382 e. The van der Waals surface area contributed by atoms with E-state index in [1.54, 1.807) is 13.0 Å². The van der Waals surface area contributed by atoms with Crippen molar-refractivity contribution in [2.45, 2.75) is 12.5 Å². The quantitative estimate of drug-likeness (QED) is 0.601. The van der Waals surface area contributed by atoms with Gasteiger partial charge in [0.15, 0.2) is 0 Å². The molecule has 0 fully saturated rings. The van der Waals surface area contributed by atoms with Crippen molar-refractivity contribution in [2.24, 2.45) is 5.73 Å². The van der Waals surface area contributed by atoms with Crippen LogP contribution in [0.5, 0.6) is 0 Å². The van der Waals surface area contributed by atoms with Gasteiger partial charge in [0.1, 0.15) is 17.6 Å². The summed E-state index contributed by atoms with van der Waals surface area (Å²) >= 11 is 0. The first kappa shape index (κ1) is 7.24. The van der Waals surface area contributed by atoms with Crippen molar-refractivity contribution in [1.29, 1.82) is 0 Å². The van der Waals surface area contributed by atoms with Gasteiger partial charge in [0.05, 0.1) is 0 Å². The topological polar surface area (TPSA) is 72.3 Å². The molecule has 4 nitrogen and oxygen atoms in total. The summed E-state index contributed by atoms with van der Waals surface area (Å²) in [5.41, 5.74) is 4.67. The molecule has 56 valence electrons. The highest BCUT2D eigenvalue weighted by Crippen LogP contribution is 2.15. The average molecular weight is 142 g/mol. The number of aliphatic hydroxyl groups is 1. The molecule has 10 heavy (non-hydrogen) atoms. The molecule has 1 atom stereocenters. The van der Waals surface area contributed by atoms with Crippen LogP contribution in [0.25, 0.3) is 0 Å². The SMILES string of the molecule is CC(O)(CN)c1ccon1. The summed E-state index contributed by atoms with van der Waals surface area (Å²) in [6, 6.07) is 1.59. The van der Waals surface area contributed by atoms with Gasteiger partial charge in [0, 0.05) is 12.6 Å². The first-order valence-corrected chi connectivity index (χ1v) is 3.00. The Morgan fingerprint density at radius 1 is 1.90 bits per heavy atom. The Morgan fingerprint density at radius 2 is 2.60 bits per heavy atom. The molecular formula is C6H10N2O2. The van der Waals surface area contributed by atoms with Gasteiger partial charge in [0.25, 0.3) is 0 Å². The molecule has 0 saturated carbocycles. The molecule has 0 radical (unpaired) electrons. The fraction of sp³-hybridized carbons (Fsp3) is 0.500. The summed E-state index contributed by atoms with van der Waals surface area (Å²) in [4.78, 5) is 0. The molecule has 0 saturated heterocycles. The molecule has 1 aromatic rings. The summed E-state index contributed by atoms with van der Waals surface area (Å²) in [6.45, 7) is 1.73. The lowest BCUT2D eigenvalue weighted by Crippen LogP contribution is -2.31. The molecule has 3 N–H and O–H groups in total. The summed E-state index contributed by atoms with van der Waals surface area (Å²) in [5.74, 6) is 0.